The molecule has 0 amide bonds. The van der Waals surface area contributed by atoms with Gasteiger partial charge in [0.15, 0.2) is 23.3 Å². The highest BCUT2D eigenvalue weighted by Crippen LogP contribution is 2.28. The molecular formula is C45H48ClF4N17O4. The highest BCUT2D eigenvalue weighted by Gasteiger charge is 2.30. The van der Waals surface area contributed by atoms with Crippen LogP contribution in [-0.2, 0) is 37.9 Å². The van der Waals surface area contributed by atoms with Crippen molar-refractivity contribution in [3.8, 4) is 22.8 Å². The molecular weight excluding hydrogens is 954 g/mol. The molecule has 8 aromatic rings. The molecule has 6 aromatic heterocycles. The molecule has 2 aromatic carbocycles. The van der Waals surface area contributed by atoms with E-state index in [1.54, 1.807) is 114 Å². The summed E-state index contributed by atoms with van der Waals surface area (Å²) in [6.45, 7) is 8.64. The fraction of sp³-hybridized carbons (Fsp3) is 0.333. The lowest BCUT2D eigenvalue weighted by atomic mass is 9.96. The lowest BCUT2D eigenvalue weighted by Crippen LogP contribution is -2.20. The molecule has 0 fully saturated rings. The van der Waals surface area contributed by atoms with E-state index in [9.17, 15) is 22.8 Å². The predicted octanol–water partition coefficient (Wildman–Crippen LogP) is 7.53. The number of carbonyl (C=O) groups is 2. The van der Waals surface area contributed by atoms with Gasteiger partial charge in [-0.25, -0.2) is 37.5 Å². The van der Waals surface area contributed by atoms with E-state index in [-0.39, 0.29) is 77.6 Å². The number of ketones is 1. The number of nitrogens with zero attached hydrogens (tertiary/aromatic N) is 14. The molecule has 4 N–H and O–H groups in total. The number of hydrogen-bond acceptors (Lipinski definition) is 19. The molecule has 26 heteroatoms. The second kappa shape index (κ2) is 22.7. The van der Waals surface area contributed by atoms with E-state index in [1.807, 2.05) is 0 Å². The van der Waals surface area contributed by atoms with Crippen LogP contribution in [0.3, 0.4) is 0 Å². The minimum Gasteiger partial charge on any atom is -0.338 e. The second-order valence-corrected chi connectivity index (χ2v) is 17.3. The van der Waals surface area contributed by atoms with Crippen molar-refractivity contribution in [2.24, 2.45) is 19.8 Å². The summed E-state index contributed by atoms with van der Waals surface area (Å²) in [4.78, 5) is 55.5. The largest absolute Gasteiger partial charge is 0.338 e. The normalized spacial score (nSPS) is 11.4. The average Bonchev–Trinajstić information content (AvgIpc) is 4.20. The number of rotatable bonds is 16. The minimum absolute atomic E-state index is 0.0402. The zero-order chi connectivity index (χ0) is 51.6. The first-order valence-electron chi connectivity index (χ1n) is 21.4. The Morgan fingerprint density at radius 1 is 0.676 bits per heavy atom. The summed E-state index contributed by atoms with van der Waals surface area (Å²) in [6, 6.07) is 10.2. The Hall–Kier alpha value is -7.93. The molecule has 0 aliphatic heterocycles. The highest BCUT2D eigenvalue weighted by molar-refractivity contribution is 6.67. The third-order valence-corrected chi connectivity index (χ3v) is 10.6. The van der Waals surface area contributed by atoms with Crippen LogP contribution in [0, 0.1) is 25.5 Å². The number of hydrogen-bond donors (Lipinski definition) is 3. The number of carbonyl (C=O) groups excluding carboxylic acids is 2. The third-order valence-electron chi connectivity index (χ3n) is 10.5. The zero-order valence-corrected chi connectivity index (χ0v) is 40.4. The van der Waals surface area contributed by atoms with E-state index in [0.717, 1.165) is 5.56 Å². The lowest BCUT2D eigenvalue weighted by molar-refractivity contribution is 0.0969. The molecule has 71 heavy (non-hydrogen) atoms. The standard InChI is InChI=1S/C23H24F2N8O2.C15H16FN7.C7H8ClFN2O2/c1-13-14(6-8-16(34)20-29-21(35-32-20)23(2,3)11-24)5-7-15(18(13)25)19-26-12-27-22(30-19)28-17-9-10-33(4)31-17;1-9-10(7-17)3-4-11(13(9)16)14-18-8-19-15(21-14)20-12-5-6-23(2)22-12;1-7(2,3-9)6-10-5(4(8)12)11-13-6/h5,7,9-10,12H,6,8,11H2,1-4H3,(H,26,27,28,30,31);3-6,8H,7,17H2,1-2H3,(H,18,19,20,21,22);3H2,1-2H3. The Morgan fingerprint density at radius 2 is 1.13 bits per heavy atom. The summed E-state index contributed by atoms with van der Waals surface area (Å²) in [6.07, 6.45) is 6.48. The van der Waals surface area contributed by atoms with Gasteiger partial charge in [0.05, 0.1) is 22.0 Å². The molecule has 0 saturated carbocycles. The van der Waals surface area contributed by atoms with Gasteiger partial charge in [0.1, 0.15) is 37.6 Å². The number of alkyl halides is 2. The second-order valence-electron chi connectivity index (χ2n) is 17.0. The SMILES string of the molecule is CC(C)(CF)c1nc(C(=O)Cl)no1.Cc1c(CCC(=O)c2noc(C(C)(C)CF)n2)ccc(-c2ncnc(Nc3ccn(C)n3)n2)c1F.Cc1c(CN)ccc(-c2ncnc(Nc3ccn(C)n3)n2)c1F. The minimum atomic E-state index is -0.969. The van der Waals surface area contributed by atoms with Gasteiger partial charge in [0.25, 0.3) is 11.1 Å². The van der Waals surface area contributed by atoms with E-state index in [0.29, 0.717) is 39.8 Å². The fourth-order valence-electron chi connectivity index (χ4n) is 6.12. The fourth-order valence-corrected chi connectivity index (χ4v) is 6.19. The Bertz CT molecular complexity index is 3140. The quantitative estimate of drug-likeness (QED) is 0.0479. The topological polar surface area (TPSA) is 275 Å². The maximum Gasteiger partial charge on any atom is 0.293 e. The van der Waals surface area contributed by atoms with Gasteiger partial charge >= 0.3 is 0 Å². The number of nitrogens with two attached hydrogens (primary N) is 1. The van der Waals surface area contributed by atoms with E-state index < -0.39 is 35.2 Å². The smallest absolute Gasteiger partial charge is 0.293 e. The molecule has 0 aliphatic carbocycles. The Labute approximate surface area is 408 Å². The maximum absolute atomic E-state index is 15.2. The molecule has 0 radical (unpaired) electrons. The summed E-state index contributed by atoms with van der Waals surface area (Å²) in [5, 5.41) is 20.4. The van der Waals surface area contributed by atoms with Crippen LogP contribution in [0.25, 0.3) is 22.8 Å². The summed E-state index contributed by atoms with van der Waals surface area (Å²) in [7, 11) is 3.59. The number of nitrogens with one attached hydrogen (secondary N) is 2. The number of halogens is 5. The van der Waals surface area contributed by atoms with Crippen LogP contribution >= 0.6 is 11.6 Å². The van der Waals surface area contributed by atoms with Gasteiger partial charge in [0.2, 0.25) is 35.3 Å². The van der Waals surface area contributed by atoms with E-state index in [2.05, 4.69) is 75.5 Å². The van der Waals surface area contributed by atoms with Crippen LogP contribution in [0.1, 0.15) is 89.4 Å². The molecule has 0 spiro atoms. The van der Waals surface area contributed by atoms with Crippen molar-refractivity contribution in [3.63, 3.8) is 0 Å². The van der Waals surface area contributed by atoms with Crippen LogP contribution in [0.5, 0.6) is 0 Å². The van der Waals surface area contributed by atoms with E-state index in [4.69, 9.17) is 21.9 Å². The zero-order valence-electron chi connectivity index (χ0n) is 39.7. The van der Waals surface area contributed by atoms with Gasteiger partial charge in [-0.2, -0.15) is 30.1 Å². The van der Waals surface area contributed by atoms with Crippen LogP contribution < -0.4 is 16.4 Å². The van der Waals surface area contributed by atoms with Crippen LogP contribution in [0.2, 0.25) is 0 Å². The number of Topliss-reactive ketones (excluding diaryl/α,β-unsaturated/α-hetero) is 1. The molecule has 0 bridgehead atoms. The molecule has 0 aliphatic rings. The van der Waals surface area contributed by atoms with Crippen LogP contribution in [-0.4, -0.2) is 94.1 Å². The van der Waals surface area contributed by atoms with Crippen LogP contribution in [0.15, 0.2) is 70.5 Å². The van der Waals surface area contributed by atoms with E-state index >= 15 is 4.39 Å². The molecule has 0 saturated heterocycles. The van der Waals surface area contributed by atoms with Crippen molar-refractivity contribution < 1.29 is 36.2 Å². The maximum atomic E-state index is 15.2. The average molecular weight is 1000 g/mol. The molecule has 21 nitrogen and oxygen atoms in total. The van der Waals surface area contributed by atoms with Crippen LogP contribution in [0.4, 0.5) is 41.1 Å². The Balaban J connectivity index is 0.000000195. The van der Waals surface area contributed by atoms with Gasteiger partial charge in [0, 0.05) is 51.6 Å². The van der Waals surface area contributed by atoms with Gasteiger partial charge in [-0.05, 0) is 94.0 Å². The summed E-state index contributed by atoms with van der Waals surface area (Å²) in [5.41, 5.74) is 6.55. The van der Waals surface area contributed by atoms with Gasteiger partial charge in [-0.1, -0.05) is 22.4 Å². The molecule has 372 valence electrons. The van der Waals surface area contributed by atoms with Crippen molar-refractivity contribution in [1.82, 2.24) is 69.7 Å². The molecule has 6 heterocycles. The first kappa shape index (κ1) is 52.4. The molecule has 0 unspecified atom stereocenters. The number of aromatic nitrogens is 14. The number of anilines is 4. The molecule has 0 atom stereocenters. The number of benzene rings is 2. The Morgan fingerprint density at radius 3 is 1.55 bits per heavy atom. The van der Waals surface area contributed by atoms with E-state index in [1.165, 1.54) is 12.7 Å². The van der Waals surface area contributed by atoms with Crippen molar-refractivity contribution >= 4 is 46.2 Å². The summed E-state index contributed by atoms with van der Waals surface area (Å²) >= 11 is 5.09. The molecule has 8 rings (SSSR count). The van der Waals surface area contributed by atoms with Crippen molar-refractivity contribution in [2.45, 2.75) is 71.8 Å². The number of aryl methyl sites for hydroxylation is 3. The first-order chi connectivity index (χ1) is 33.7. The highest BCUT2D eigenvalue weighted by atomic mass is 35.5. The van der Waals surface area contributed by atoms with Gasteiger partial charge < -0.3 is 25.4 Å². The first-order valence-corrected chi connectivity index (χ1v) is 21.8. The van der Waals surface area contributed by atoms with Gasteiger partial charge in [-0.3, -0.25) is 19.0 Å². The van der Waals surface area contributed by atoms with Gasteiger partial charge in [-0.15, -0.1) is 0 Å². The summed E-state index contributed by atoms with van der Waals surface area (Å²) in [5.74, 6) is 0.628. The van der Waals surface area contributed by atoms with Crippen molar-refractivity contribution in [3.05, 3.63) is 119 Å². The van der Waals surface area contributed by atoms with Crippen molar-refractivity contribution in [1.29, 1.82) is 0 Å². The summed E-state index contributed by atoms with van der Waals surface area (Å²) < 4.78 is 68.3. The van der Waals surface area contributed by atoms with Crippen molar-refractivity contribution in [2.75, 3.05) is 24.0 Å². The Kier molecular flexibility index (Phi) is 16.7. The lowest BCUT2D eigenvalue weighted by Gasteiger charge is -2.13. The third kappa shape index (κ3) is 13.0. The predicted molar refractivity (Wildman–Crippen MR) is 250 cm³/mol. The monoisotopic (exact) mass is 1000 g/mol.